The molecule has 8 unspecified atom stereocenters. The number of ketones is 4. The van der Waals surface area contributed by atoms with E-state index in [2.05, 4.69) is 76.7 Å². The zero-order valence-corrected chi connectivity index (χ0v) is 58.0. The fourth-order valence-electron chi connectivity index (χ4n) is 9.48. The maximum absolute atomic E-state index is 12.2. The molecule has 8 atom stereocenters. The first-order chi connectivity index (χ1) is 39.7. The summed E-state index contributed by atoms with van der Waals surface area (Å²) in [6.07, 6.45) is 32.2. The molecule has 0 heterocycles. The highest BCUT2D eigenvalue weighted by molar-refractivity contribution is 5.93. The van der Waals surface area contributed by atoms with Crippen LogP contribution in [0.25, 0.3) is 0 Å². The van der Waals surface area contributed by atoms with Crippen LogP contribution in [0, 0.1) is 35.5 Å². The van der Waals surface area contributed by atoms with Gasteiger partial charge in [-0.1, -0.05) is 316 Å². The Bertz CT molecular complexity index is 1450. The number of nitrogens with two attached hydrogens (primary N) is 2. The number of nitrogens with one attached hydrogen (secondary N) is 4. The fourth-order valence-corrected chi connectivity index (χ4v) is 9.48. The smallest absolute Gasteiger partial charge is 0.237 e. The van der Waals surface area contributed by atoms with E-state index in [9.17, 15) is 38.4 Å². The monoisotopic (exact) mass is 1270 g/mol. The zero-order valence-electron chi connectivity index (χ0n) is 58.0. The van der Waals surface area contributed by atoms with Gasteiger partial charge in [0.2, 0.25) is 23.6 Å². The van der Waals surface area contributed by atoms with Crippen molar-refractivity contribution in [2.45, 2.75) is 403 Å². The molecular weight excluding hydrogens is 1110 g/mol. The van der Waals surface area contributed by atoms with Gasteiger partial charge in [0.25, 0.3) is 0 Å². The first-order valence-electron chi connectivity index (χ1n) is 34.6. The quantitative estimate of drug-likeness (QED) is 0.0315. The Balaban J connectivity index is -0.000000134. The van der Waals surface area contributed by atoms with Crippen molar-refractivity contribution in [3.8, 4) is 0 Å². The number of carbonyl (C=O) groups excluding carboxylic acids is 8. The van der Waals surface area contributed by atoms with Crippen LogP contribution in [0.15, 0.2) is 0 Å². The van der Waals surface area contributed by atoms with E-state index < -0.39 is 12.1 Å². The van der Waals surface area contributed by atoms with Crippen LogP contribution in [0.5, 0.6) is 0 Å². The molecule has 8 N–H and O–H groups in total. The van der Waals surface area contributed by atoms with Crippen molar-refractivity contribution in [2.75, 3.05) is 0 Å². The molecule has 4 amide bonds. The number of hydrogen-bond acceptors (Lipinski definition) is 10. The van der Waals surface area contributed by atoms with E-state index in [1.165, 1.54) is 25.7 Å². The van der Waals surface area contributed by atoms with Crippen molar-refractivity contribution in [1.29, 1.82) is 0 Å². The Labute approximate surface area is 554 Å². The molecule has 0 aromatic carbocycles. The van der Waals surface area contributed by atoms with Gasteiger partial charge < -0.3 is 32.7 Å². The summed E-state index contributed by atoms with van der Waals surface area (Å²) in [6.45, 7) is 36.2. The van der Waals surface area contributed by atoms with Gasteiger partial charge in [-0.15, -0.1) is 0 Å². The Morgan fingerprint density at radius 3 is 0.573 bits per heavy atom. The molecule has 0 aliphatic carbocycles. The van der Waals surface area contributed by atoms with Crippen molar-refractivity contribution in [1.82, 2.24) is 21.3 Å². The van der Waals surface area contributed by atoms with Crippen LogP contribution in [0.4, 0.5) is 0 Å². The van der Waals surface area contributed by atoms with Gasteiger partial charge in [-0.05, 0) is 51.4 Å². The average Bonchev–Trinajstić information content (AvgIpc) is 3.55. The van der Waals surface area contributed by atoms with Crippen LogP contribution in [-0.4, -0.2) is 83.0 Å². The first kappa shape index (κ1) is 104. The van der Waals surface area contributed by atoms with Gasteiger partial charge in [0.05, 0.1) is 36.3 Å². The van der Waals surface area contributed by atoms with E-state index in [1.807, 2.05) is 69.2 Å². The van der Waals surface area contributed by atoms with Gasteiger partial charge in [-0.2, -0.15) is 0 Å². The zero-order chi connectivity index (χ0) is 65.0. The SMILES string of the molecule is C.C.C.C.C.CCCCCC(C)C(=O)NC(CCCCC)C(=O)C(C)C.CCCCCC(C)C(=O)NC(CCCCC)C(=O)C(C)C.CCCCCC(N)C(=O)NC(CCCCC)C(=O)C(C)C.CCCCCC(N)C(=O)NC(CCCCC)C(=O)C(C)C. The summed E-state index contributed by atoms with van der Waals surface area (Å²) in [6, 6.07) is -2.33. The number of amides is 4. The van der Waals surface area contributed by atoms with Gasteiger partial charge in [-0.3, -0.25) is 38.4 Å². The minimum Gasteiger partial charge on any atom is -0.346 e. The summed E-state index contributed by atoms with van der Waals surface area (Å²) in [5, 5.41) is 11.7. The van der Waals surface area contributed by atoms with E-state index in [1.54, 1.807) is 0 Å². The third-order valence-corrected chi connectivity index (χ3v) is 15.6. The summed E-state index contributed by atoms with van der Waals surface area (Å²) >= 11 is 0. The lowest BCUT2D eigenvalue weighted by atomic mass is 9.95. The molecule has 14 heteroatoms. The summed E-state index contributed by atoms with van der Waals surface area (Å²) in [5.41, 5.74) is 11.8. The van der Waals surface area contributed by atoms with Crippen LogP contribution in [-0.2, 0) is 38.4 Å². The molecule has 0 spiro atoms. The van der Waals surface area contributed by atoms with Crippen LogP contribution >= 0.6 is 0 Å². The Morgan fingerprint density at radius 2 is 0.404 bits per heavy atom. The molecule has 0 radical (unpaired) electrons. The third-order valence-electron chi connectivity index (χ3n) is 15.6. The van der Waals surface area contributed by atoms with Crippen molar-refractivity contribution in [2.24, 2.45) is 47.0 Å². The van der Waals surface area contributed by atoms with E-state index in [4.69, 9.17) is 11.5 Å². The molecule has 0 saturated carbocycles. The molecule has 14 nitrogen and oxygen atoms in total. The van der Waals surface area contributed by atoms with E-state index in [0.717, 1.165) is 167 Å². The highest BCUT2D eigenvalue weighted by atomic mass is 16.2. The largest absolute Gasteiger partial charge is 0.346 e. The maximum atomic E-state index is 12.2. The van der Waals surface area contributed by atoms with E-state index in [0.29, 0.717) is 12.8 Å². The molecule has 0 aromatic heterocycles. The molecule has 0 fully saturated rings. The third kappa shape index (κ3) is 56.9. The summed E-state index contributed by atoms with van der Waals surface area (Å²) in [4.78, 5) is 97.6. The predicted molar refractivity (Wildman–Crippen MR) is 388 cm³/mol. The molecule has 0 aliphatic rings. The first-order valence-corrected chi connectivity index (χ1v) is 34.6. The molecule has 536 valence electrons. The van der Waals surface area contributed by atoms with Crippen LogP contribution in [0.1, 0.15) is 367 Å². The minimum absolute atomic E-state index is 0. The average molecular weight is 1270 g/mol. The Kier molecular flexibility index (Phi) is 80.7. The second-order valence-corrected chi connectivity index (χ2v) is 25.5. The summed E-state index contributed by atoms with van der Waals surface area (Å²) < 4.78 is 0. The summed E-state index contributed by atoms with van der Waals surface area (Å²) in [7, 11) is 0. The van der Waals surface area contributed by atoms with Gasteiger partial charge >= 0.3 is 0 Å². The second kappa shape index (κ2) is 68.8. The lowest BCUT2D eigenvalue weighted by Crippen LogP contribution is -2.49. The van der Waals surface area contributed by atoms with Crippen molar-refractivity contribution in [3.05, 3.63) is 0 Å². The van der Waals surface area contributed by atoms with E-state index >= 15 is 0 Å². The van der Waals surface area contributed by atoms with Gasteiger partial charge in [0, 0.05) is 35.5 Å². The summed E-state index contributed by atoms with van der Waals surface area (Å²) in [5.74, 6) is 0.128. The molecule has 0 saturated heterocycles. The lowest BCUT2D eigenvalue weighted by Gasteiger charge is -2.21. The topological polar surface area (TPSA) is 237 Å². The van der Waals surface area contributed by atoms with Gasteiger partial charge in [0.1, 0.15) is 0 Å². The van der Waals surface area contributed by atoms with Crippen LogP contribution in [0.3, 0.4) is 0 Å². The molecule has 89 heavy (non-hydrogen) atoms. The number of Topliss-reactive ketones (excluding diaryl/α,β-unsaturated/α-hetero) is 4. The minimum atomic E-state index is -0.495. The normalized spacial score (nSPS) is 13.2. The van der Waals surface area contributed by atoms with Crippen molar-refractivity contribution < 1.29 is 38.4 Å². The Hall–Kier alpha value is -3.52. The molecule has 0 bridgehead atoms. The molecular formula is C75H158N6O8. The van der Waals surface area contributed by atoms with Gasteiger partial charge in [0.15, 0.2) is 23.1 Å². The van der Waals surface area contributed by atoms with E-state index in [-0.39, 0.29) is 144 Å². The predicted octanol–water partition coefficient (Wildman–Crippen LogP) is 18.5. The van der Waals surface area contributed by atoms with Crippen LogP contribution in [0.2, 0.25) is 0 Å². The van der Waals surface area contributed by atoms with Crippen LogP contribution < -0.4 is 32.7 Å². The highest BCUT2D eigenvalue weighted by Crippen LogP contribution is 2.17. The number of rotatable bonds is 48. The number of carbonyl (C=O) groups is 8. The number of unbranched alkanes of at least 4 members (excludes halogenated alkanes) is 16. The molecule has 0 aliphatic heterocycles. The van der Waals surface area contributed by atoms with Crippen molar-refractivity contribution in [3.63, 3.8) is 0 Å². The van der Waals surface area contributed by atoms with Gasteiger partial charge in [-0.25, -0.2) is 0 Å². The molecule has 0 aromatic rings. The molecule has 0 rings (SSSR count). The fraction of sp³-hybridized carbons (Fsp3) is 0.893. The van der Waals surface area contributed by atoms with Crippen molar-refractivity contribution >= 4 is 46.8 Å². The number of hydrogen-bond donors (Lipinski definition) is 6. The standard InChI is InChI=1S/2C18H35NO2.2C17H34N2O2.5CH4/c2*1-6-8-10-12-15(5)18(21)19-16(13-11-9-7-2)17(20)14(3)4;2*1-5-7-9-11-14(18)17(21)19-15(12-10-8-6-2)16(20)13(3)4;;;;;/h2*14-16H,6-13H2,1-5H3,(H,19,21);2*13-15H,5-12,18H2,1-4H3,(H,19,21);5*1H4. The lowest BCUT2D eigenvalue weighted by molar-refractivity contribution is -0.131. The Morgan fingerprint density at radius 1 is 0.247 bits per heavy atom. The maximum Gasteiger partial charge on any atom is 0.237 e. The highest BCUT2D eigenvalue weighted by Gasteiger charge is 2.28. The second-order valence-electron chi connectivity index (χ2n) is 25.5.